The molecule has 74 valence electrons. The lowest BCUT2D eigenvalue weighted by Gasteiger charge is -2.34. The average molecular weight is 173 g/mol. The van der Waals surface area contributed by atoms with Crippen LogP contribution in [0.1, 0.15) is 47.0 Å². The second-order valence-corrected chi connectivity index (χ2v) is 3.33. The van der Waals surface area contributed by atoms with Gasteiger partial charge in [0.05, 0.1) is 5.60 Å². The zero-order chi connectivity index (χ0) is 9.61. The summed E-state index contributed by atoms with van der Waals surface area (Å²) < 4.78 is 0. The Morgan fingerprint density at radius 3 is 1.92 bits per heavy atom. The van der Waals surface area contributed by atoms with Crippen LogP contribution in [0.3, 0.4) is 0 Å². The topological polar surface area (TPSA) is 32.3 Å². The third-order valence-corrected chi connectivity index (χ3v) is 2.73. The van der Waals surface area contributed by atoms with Gasteiger partial charge in [-0.2, -0.15) is 0 Å². The summed E-state index contributed by atoms with van der Waals surface area (Å²) in [4.78, 5) is 0. The van der Waals surface area contributed by atoms with E-state index in [9.17, 15) is 5.11 Å². The molecule has 0 heterocycles. The van der Waals surface area contributed by atoms with E-state index in [0.717, 1.165) is 25.8 Å². The first kappa shape index (κ1) is 11.9. The summed E-state index contributed by atoms with van der Waals surface area (Å²) in [6.07, 6.45) is 2.65. The van der Waals surface area contributed by atoms with Crippen LogP contribution in [0.4, 0.5) is 0 Å². The predicted octanol–water partition coefficient (Wildman–Crippen LogP) is 1.93. The van der Waals surface area contributed by atoms with Crippen molar-refractivity contribution in [1.82, 2.24) is 5.32 Å². The standard InChI is InChI=1S/C10H23NO/c1-5-9(11-8-4)10(12,6-2)7-3/h9,11-12H,5-8H2,1-4H3. The Morgan fingerprint density at radius 1 is 1.17 bits per heavy atom. The van der Waals surface area contributed by atoms with Gasteiger partial charge in [0.1, 0.15) is 0 Å². The highest BCUT2D eigenvalue weighted by molar-refractivity contribution is 4.88. The molecule has 0 aliphatic carbocycles. The van der Waals surface area contributed by atoms with Crippen molar-refractivity contribution in [2.75, 3.05) is 6.54 Å². The van der Waals surface area contributed by atoms with Crippen molar-refractivity contribution in [1.29, 1.82) is 0 Å². The zero-order valence-corrected chi connectivity index (χ0v) is 8.85. The number of aliphatic hydroxyl groups is 1. The minimum absolute atomic E-state index is 0.248. The molecule has 0 aromatic rings. The largest absolute Gasteiger partial charge is 0.388 e. The van der Waals surface area contributed by atoms with Crippen LogP contribution in [0.25, 0.3) is 0 Å². The lowest BCUT2D eigenvalue weighted by atomic mass is 9.87. The van der Waals surface area contributed by atoms with Gasteiger partial charge in [0, 0.05) is 6.04 Å². The molecule has 0 radical (unpaired) electrons. The first-order valence-electron chi connectivity index (χ1n) is 5.10. The van der Waals surface area contributed by atoms with Crippen LogP contribution in [-0.2, 0) is 0 Å². The Balaban J connectivity index is 4.21. The van der Waals surface area contributed by atoms with Crippen molar-refractivity contribution in [3.8, 4) is 0 Å². The van der Waals surface area contributed by atoms with E-state index >= 15 is 0 Å². The lowest BCUT2D eigenvalue weighted by molar-refractivity contribution is -0.00662. The smallest absolute Gasteiger partial charge is 0.0794 e. The molecular weight excluding hydrogens is 150 g/mol. The first-order valence-corrected chi connectivity index (χ1v) is 5.10. The molecule has 0 aliphatic rings. The number of hydrogen-bond donors (Lipinski definition) is 2. The van der Waals surface area contributed by atoms with Gasteiger partial charge in [-0.3, -0.25) is 0 Å². The quantitative estimate of drug-likeness (QED) is 0.643. The number of hydrogen-bond acceptors (Lipinski definition) is 2. The van der Waals surface area contributed by atoms with Gasteiger partial charge >= 0.3 is 0 Å². The maximum absolute atomic E-state index is 10.2. The lowest BCUT2D eigenvalue weighted by Crippen LogP contribution is -2.49. The van der Waals surface area contributed by atoms with Gasteiger partial charge in [0.25, 0.3) is 0 Å². The van der Waals surface area contributed by atoms with E-state index in [-0.39, 0.29) is 6.04 Å². The van der Waals surface area contributed by atoms with E-state index < -0.39 is 5.60 Å². The van der Waals surface area contributed by atoms with Crippen molar-refractivity contribution in [3.63, 3.8) is 0 Å². The fourth-order valence-electron chi connectivity index (χ4n) is 1.70. The molecular formula is C10H23NO. The predicted molar refractivity (Wildman–Crippen MR) is 53.3 cm³/mol. The van der Waals surface area contributed by atoms with Crippen LogP contribution in [0, 0.1) is 0 Å². The fraction of sp³-hybridized carbons (Fsp3) is 1.00. The molecule has 0 saturated heterocycles. The minimum Gasteiger partial charge on any atom is -0.388 e. The summed E-state index contributed by atoms with van der Waals surface area (Å²) in [6.45, 7) is 9.21. The molecule has 0 rings (SSSR count). The summed E-state index contributed by atoms with van der Waals surface area (Å²) in [5.74, 6) is 0. The van der Waals surface area contributed by atoms with E-state index in [0.29, 0.717) is 0 Å². The summed E-state index contributed by atoms with van der Waals surface area (Å²) >= 11 is 0. The van der Waals surface area contributed by atoms with E-state index in [1.54, 1.807) is 0 Å². The maximum atomic E-state index is 10.2. The van der Waals surface area contributed by atoms with Crippen molar-refractivity contribution in [2.45, 2.75) is 58.6 Å². The zero-order valence-electron chi connectivity index (χ0n) is 8.85. The minimum atomic E-state index is -0.509. The van der Waals surface area contributed by atoms with E-state index in [2.05, 4.69) is 19.2 Å². The van der Waals surface area contributed by atoms with Crippen LogP contribution in [0.2, 0.25) is 0 Å². The van der Waals surface area contributed by atoms with Gasteiger partial charge in [-0.25, -0.2) is 0 Å². The second kappa shape index (κ2) is 5.55. The van der Waals surface area contributed by atoms with Crippen LogP contribution in [-0.4, -0.2) is 23.3 Å². The molecule has 0 aromatic carbocycles. The van der Waals surface area contributed by atoms with Crippen molar-refractivity contribution < 1.29 is 5.11 Å². The van der Waals surface area contributed by atoms with Crippen LogP contribution in [0.5, 0.6) is 0 Å². The van der Waals surface area contributed by atoms with Crippen LogP contribution in [0.15, 0.2) is 0 Å². The third-order valence-electron chi connectivity index (χ3n) is 2.73. The van der Waals surface area contributed by atoms with Crippen molar-refractivity contribution in [2.24, 2.45) is 0 Å². The van der Waals surface area contributed by atoms with Crippen molar-refractivity contribution >= 4 is 0 Å². The normalized spacial score (nSPS) is 14.8. The Labute approximate surface area is 76.4 Å². The molecule has 0 aromatic heterocycles. The molecule has 12 heavy (non-hydrogen) atoms. The number of nitrogens with one attached hydrogen (secondary N) is 1. The Morgan fingerprint density at radius 2 is 1.67 bits per heavy atom. The van der Waals surface area contributed by atoms with Crippen molar-refractivity contribution in [3.05, 3.63) is 0 Å². The molecule has 0 fully saturated rings. The van der Waals surface area contributed by atoms with E-state index in [4.69, 9.17) is 0 Å². The van der Waals surface area contributed by atoms with Gasteiger partial charge < -0.3 is 10.4 Å². The van der Waals surface area contributed by atoms with Gasteiger partial charge in [0.2, 0.25) is 0 Å². The molecule has 1 atom stereocenters. The van der Waals surface area contributed by atoms with Gasteiger partial charge in [-0.15, -0.1) is 0 Å². The molecule has 0 saturated carbocycles. The number of likely N-dealkylation sites (N-methyl/N-ethyl adjacent to an activating group) is 1. The summed E-state index contributed by atoms with van der Waals surface area (Å²) in [5.41, 5.74) is -0.509. The summed E-state index contributed by atoms with van der Waals surface area (Å²) in [7, 11) is 0. The highest BCUT2D eigenvalue weighted by atomic mass is 16.3. The van der Waals surface area contributed by atoms with Gasteiger partial charge in [-0.05, 0) is 25.8 Å². The summed E-state index contributed by atoms with van der Waals surface area (Å²) in [6, 6.07) is 0.248. The molecule has 2 nitrogen and oxygen atoms in total. The highest BCUT2D eigenvalue weighted by Gasteiger charge is 2.30. The van der Waals surface area contributed by atoms with Crippen LogP contribution >= 0.6 is 0 Å². The third kappa shape index (κ3) is 2.76. The fourth-order valence-corrected chi connectivity index (χ4v) is 1.70. The molecule has 0 bridgehead atoms. The molecule has 0 amide bonds. The van der Waals surface area contributed by atoms with Gasteiger partial charge in [0.15, 0.2) is 0 Å². The molecule has 0 aliphatic heterocycles. The summed E-state index contributed by atoms with van der Waals surface area (Å²) in [5, 5.41) is 13.5. The maximum Gasteiger partial charge on any atom is 0.0794 e. The number of rotatable bonds is 6. The molecule has 1 unspecified atom stereocenters. The van der Waals surface area contributed by atoms with Gasteiger partial charge in [-0.1, -0.05) is 27.7 Å². The van der Waals surface area contributed by atoms with E-state index in [1.165, 1.54) is 0 Å². The SMILES string of the molecule is CCNC(CC)C(O)(CC)CC. The monoisotopic (exact) mass is 173 g/mol. The molecule has 0 spiro atoms. The van der Waals surface area contributed by atoms with Crippen LogP contribution < -0.4 is 5.32 Å². The molecule has 2 heteroatoms. The first-order chi connectivity index (χ1) is 5.64. The Kier molecular flexibility index (Phi) is 5.51. The average Bonchev–Trinajstić information content (AvgIpc) is 2.13. The molecule has 2 N–H and O–H groups in total. The highest BCUT2D eigenvalue weighted by Crippen LogP contribution is 2.21. The second-order valence-electron chi connectivity index (χ2n) is 3.33. The van der Waals surface area contributed by atoms with E-state index in [1.807, 2.05) is 13.8 Å². The Bertz CT molecular complexity index is 110. The Hall–Kier alpha value is -0.0800.